The van der Waals surface area contributed by atoms with Crippen molar-refractivity contribution in [3.63, 3.8) is 0 Å². The van der Waals surface area contributed by atoms with Gasteiger partial charge >= 0.3 is 0 Å². The molecular formula is C11H6Cl2N4. The van der Waals surface area contributed by atoms with E-state index in [1.165, 1.54) is 0 Å². The Morgan fingerprint density at radius 2 is 1.76 bits per heavy atom. The van der Waals surface area contributed by atoms with Crippen molar-refractivity contribution < 1.29 is 0 Å². The summed E-state index contributed by atoms with van der Waals surface area (Å²) in [4.78, 5) is 15.3. The second kappa shape index (κ2) is 3.98. The van der Waals surface area contributed by atoms with E-state index in [9.17, 15) is 0 Å². The number of aromatic nitrogens is 4. The number of imidazole rings is 1. The molecule has 0 saturated carbocycles. The lowest BCUT2D eigenvalue weighted by Crippen LogP contribution is -1.90. The number of H-pyrrole nitrogens is 1. The van der Waals surface area contributed by atoms with Crippen molar-refractivity contribution in [2.24, 2.45) is 0 Å². The number of hydrogen-bond acceptors (Lipinski definition) is 3. The van der Waals surface area contributed by atoms with Crippen molar-refractivity contribution in [2.75, 3.05) is 0 Å². The fourth-order valence-corrected chi connectivity index (χ4v) is 1.91. The molecule has 2 heterocycles. The van der Waals surface area contributed by atoms with Crippen LogP contribution >= 0.6 is 23.2 Å². The summed E-state index contributed by atoms with van der Waals surface area (Å²) in [5, 5.41) is 0.851. The summed E-state index contributed by atoms with van der Waals surface area (Å²) in [6.07, 6.45) is 1.56. The van der Waals surface area contributed by atoms with Gasteiger partial charge in [-0.15, -0.1) is 0 Å². The highest BCUT2D eigenvalue weighted by Gasteiger charge is 2.10. The third kappa shape index (κ3) is 1.85. The highest BCUT2D eigenvalue weighted by Crippen LogP contribution is 2.26. The number of nitrogens with zero attached hydrogens (tertiary/aromatic N) is 3. The Balaban J connectivity index is 2.28. The first kappa shape index (κ1) is 10.5. The van der Waals surface area contributed by atoms with Crippen LogP contribution in [0.5, 0.6) is 0 Å². The van der Waals surface area contributed by atoms with E-state index >= 15 is 0 Å². The zero-order valence-electron chi connectivity index (χ0n) is 8.48. The molecule has 84 valence electrons. The van der Waals surface area contributed by atoms with Gasteiger partial charge in [-0.25, -0.2) is 9.97 Å². The van der Waals surface area contributed by atoms with Crippen LogP contribution in [-0.4, -0.2) is 19.9 Å². The first-order valence-electron chi connectivity index (χ1n) is 4.86. The Bertz CT molecular complexity index is 676. The van der Waals surface area contributed by atoms with Gasteiger partial charge in [0.05, 0.1) is 6.33 Å². The fourth-order valence-electron chi connectivity index (χ4n) is 1.62. The van der Waals surface area contributed by atoms with Gasteiger partial charge in [0.2, 0.25) is 5.28 Å². The molecule has 3 rings (SSSR count). The van der Waals surface area contributed by atoms with E-state index < -0.39 is 0 Å². The van der Waals surface area contributed by atoms with Crippen LogP contribution in [0.25, 0.3) is 22.4 Å². The molecule has 1 N–H and O–H groups in total. The maximum atomic E-state index is 5.86. The highest BCUT2D eigenvalue weighted by molar-refractivity contribution is 6.30. The highest BCUT2D eigenvalue weighted by atomic mass is 35.5. The first-order chi connectivity index (χ1) is 8.24. The number of fused-ring (bicyclic) bond motifs is 1. The molecule has 3 aromatic rings. The molecule has 6 heteroatoms. The summed E-state index contributed by atoms with van der Waals surface area (Å²) in [6.45, 7) is 0. The van der Waals surface area contributed by atoms with Crippen LogP contribution in [0.4, 0.5) is 0 Å². The van der Waals surface area contributed by atoms with Crippen molar-refractivity contribution in [1.29, 1.82) is 0 Å². The molecule has 0 bridgehead atoms. The summed E-state index contributed by atoms with van der Waals surface area (Å²) >= 11 is 11.7. The summed E-state index contributed by atoms with van der Waals surface area (Å²) in [6, 6.07) is 7.35. The average Bonchev–Trinajstić information content (AvgIpc) is 2.77. The van der Waals surface area contributed by atoms with E-state index in [2.05, 4.69) is 19.9 Å². The summed E-state index contributed by atoms with van der Waals surface area (Å²) < 4.78 is 0. The monoisotopic (exact) mass is 264 g/mol. The molecule has 0 aliphatic carbocycles. The van der Waals surface area contributed by atoms with Crippen LogP contribution in [0.15, 0.2) is 30.6 Å². The Kier molecular flexibility index (Phi) is 2.46. The molecule has 4 nitrogen and oxygen atoms in total. The molecule has 0 unspecified atom stereocenters. The number of benzene rings is 1. The molecule has 0 saturated heterocycles. The topological polar surface area (TPSA) is 54.5 Å². The van der Waals surface area contributed by atoms with E-state index in [0.29, 0.717) is 16.4 Å². The van der Waals surface area contributed by atoms with E-state index in [0.717, 1.165) is 11.1 Å². The Hall–Kier alpha value is -1.65. The minimum absolute atomic E-state index is 0.176. The second-order valence-electron chi connectivity index (χ2n) is 3.45. The Morgan fingerprint density at radius 1 is 1.00 bits per heavy atom. The molecule has 0 atom stereocenters. The largest absolute Gasteiger partial charge is 0.341 e. The van der Waals surface area contributed by atoms with Gasteiger partial charge in [0, 0.05) is 10.6 Å². The second-order valence-corrected chi connectivity index (χ2v) is 4.22. The van der Waals surface area contributed by atoms with Crippen LogP contribution in [0, 0.1) is 0 Å². The normalized spacial score (nSPS) is 10.9. The molecule has 0 radical (unpaired) electrons. The predicted molar refractivity (Wildman–Crippen MR) is 67.1 cm³/mol. The van der Waals surface area contributed by atoms with Crippen molar-refractivity contribution in [2.45, 2.75) is 0 Å². The van der Waals surface area contributed by atoms with E-state index in [1.54, 1.807) is 18.5 Å². The van der Waals surface area contributed by atoms with E-state index in [-0.39, 0.29) is 5.28 Å². The molecule has 0 fully saturated rings. The maximum Gasteiger partial charge on any atom is 0.225 e. The molecular weight excluding hydrogens is 259 g/mol. The van der Waals surface area contributed by atoms with Crippen molar-refractivity contribution in [3.05, 3.63) is 40.9 Å². The van der Waals surface area contributed by atoms with Gasteiger partial charge in [-0.1, -0.05) is 23.7 Å². The predicted octanol–water partition coefficient (Wildman–Crippen LogP) is 3.33. The van der Waals surface area contributed by atoms with Crippen LogP contribution in [-0.2, 0) is 0 Å². The standard InChI is InChI=1S/C11H6Cl2N4/c12-7-3-1-6(2-4-7)8-9-10(15-5-14-9)17-11(13)16-8/h1-5H,(H,14,15,16,17). The zero-order valence-corrected chi connectivity index (χ0v) is 10.00. The quantitative estimate of drug-likeness (QED) is 0.686. The van der Waals surface area contributed by atoms with Gasteiger partial charge in [0.15, 0.2) is 5.65 Å². The SMILES string of the molecule is Clc1ccc(-c2nc(Cl)nc3nc[nH]c23)cc1. The van der Waals surface area contributed by atoms with Crippen molar-refractivity contribution >= 4 is 34.4 Å². The minimum Gasteiger partial charge on any atom is -0.341 e. The third-order valence-electron chi connectivity index (χ3n) is 2.38. The summed E-state index contributed by atoms with van der Waals surface area (Å²) in [5.74, 6) is 0. The van der Waals surface area contributed by atoms with Gasteiger partial charge in [-0.2, -0.15) is 4.98 Å². The first-order valence-corrected chi connectivity index (χ1v) is 5.62. The minimum atomic E-state index is 0.176. The molecule has 17 heavy (non-hydrogen) atoms. The van der Waals surface area contributed by atoms with Gasteiger partial charge in [0.1, 0.15) is 11.2 Å². The van der Waals surface area contributed by atoms with Crippen molar-refractivity contribution in [1.82, 2.24) is 19.9 Å². The number of aromatic amines is 1. The van der Waals surface area contributed by atoms with Gasteiger partial charge in [0.25, 0.3) is 0 Å². The fraction of sp³-hybridized carbons (Fsp3) is 0. The number of rotatable bonds is 1. The Morgan fingerprint density at radius 3 is 2.53 bits per heavy atom. The third-order valence-corrected chi connectivity index (χ3v) is 2.80. The molecule has 0 spiro atoms. The molecule has 0 aliphatic heterocycles. The smallest absolute Gasteiger partial charge is 0.225 e. The number of hydrogen-bond donors (Lipinski definition) is 1. The molecule has 1 aromatic carbocycles. The number of halogens is 2. The molecule has 0 amide bonds. The average molecular weight is 265 g/mol. The lowest BCUT2D eigenvalue weighted by Gasteiger charge is -2.02. The van der Waals surface area contributed by atoms with E-state index in [4.69, 9.17) is 23.2 Å². The van der Waals surface area contributed by atoms with Gasteiger partial charge in [-0.05, 0) is 23.7 Å². The maximum absolute atomic E-state index is 5.86. The van der Waals surface area contributed by atoms with Crippen molar-refractivity contribution in [3.8, 4) is 11.3 Å². The summed E-state index contributed by atoms with van der Waals surface area (Å²) in [5.41, 5.74) is 2.94. The lowest BCUT2D eigenvalue weighted by atomic mass is 10.1. The lowest BCUT2D eigenvalue weighted by molar-refractivity contribution is 1.20. The zero-order chi connectivity index (χ0) is 11.8. The van der Waals surface area contributed by atoms with Crippen LogP contribution in [0.1, 0.15) is 0 Å². The molecule has 2 aromatic heterocycles. The van der Waals surface area contributed by atoms with E-state index in [1.807, 2.05) is 12.1 Å². The van der Waals surface area contributed by atoms with Crippen LogP contribution in [0.2, 0.25) is 10.3 Å². The Labute approximate surface area is 107 Å². The molecule has 0 aliphatic rings. The van der Waals surface area contributed by atoms with Gasteiger partial charge < -0.3 is 4.98 Å². The number of nitrogens with one attached hydrogen (secondary N) is 1. The van der Waals surface area contributed by atoms with Crippen LogP contribution < -0.4 is 0 Å². The van der Waals surface area contributed by atoms with Gasteiger partial charge in [-0.3, -0.25) is 0 Å². The van der Waals surface area contributed by atoms with Crippen LogP contribution in [0.3, 0.4) is 0 Å². The summed E-state index contributed by atoms with van der Waals surface area (Å²) in [7, 11) is 0.